The zero-order valence-electron chi connectivity index (χ0n) is 21.4. The number of ether oxygens (including phenoxy) is 1. The fraction of sp³-hybridized carbons (Fsp3) is 0.125. The van der Waals surface area contributed by atoms with Gasteiger partial charge in [0.15, 0.2) is 0 Å². The third-order valence-corrected chi connectivity index (χ3v) is 6.37. The van der Waals surface area contributed by atoms with Crippen molar-refractivity contribution in [2.45, 2.75) is 19.9 Å². The molecule has 5 rings (SSSR count). The van der Waals surface area contributed by atoms with E-state index < -0.39 is 11.8 Å². The summed E-state index contributed by atoms with van der Waals surface area (Å²) < 4.78 is 25.6. The molecule has 0 aliphatic carbocycles. The number of nitrogens with zero attached hydrogens (tertiary/aromatic N) is 2. The molecular formula is C32H27FN2O4. The van der Waals surface area contributed by atoms with Crippen LogP contribution in [-0.2, 0) is 13.0 Å². The zero-order chi connectivity index (χ0) is 27.2. The first-order chi connectivity index (χ1) is 19.0. The Labute approximate surface area is 225 Å². The highest BCUT2D eigenvalue weighted by molar-refractivity contribution is 5.89. The van der Waals surface area contributed by atoms with Crippen molar-refractivity contribution in [2.24, 2.45) is 0 Å². The second-order valence-corrected chi connectivity index (χ2v) is 9.01. The minimum atomic E-state index is -1.17. The standard InChI is InChI=1S/C32H27FN2O4/c1-22-30(34-31(39-22)23-8-4-2-5-9-23)18-19-38-28-16-14-27(15-17-28)35(26-10-6-3-7-11-26)21-24-12-13-25(33)20-29(24)32(36)37/h2-17,20H,18-19,21H2,1H3,(H,36,37). The molecule has 0 bridgehead atoms. The molecule has 0 aliphatic rings. The van der Waals surface area contributed by atoms with Gasteiger partial charge >= 0.3 is 5.97 Å². The number of rotatable bonds is 10. The van der Waals surface area contributed by atoms with E-state index in [0.717, 1.165) is 34.5 Å². The fourth-order valence-corrected chi connectivity index (χ4v) is 4.35. The van der Waals surface area contributed by atoms with E-state index in [1.165, 1.54) is 12.1 Å². The molecule has 4 aromatic carbocycles. The minimum absolute atomic E-state index is 0.0607. The summed E-state index contributed by atoms with van der Waals surface area (Å²) >= 11 is 0. The van der Waals surface area contributed by atoms with E-state index in [1.807, 2.05) is 96.8 Å². The van der Waals surface area contributed by atoms with E-state index >= 15 is 0 Å². The molecule has 0 saturated carbocycles. The zero-order valence-corrected chi connectivity index (χ0v) is 21.4. The van der Waals surface area contributed by atoms with Crippen LogP contribution in [0.4, 0.5) is 15.8 Å². The first-order valence-corrected chi connectivity index (χ1v) is 12.6. The summed E-state index contributed by atoms with van der Waals surface area (Å²) in [5, 5.41) is 9.61. The van der Waals surface area contributed by atoms with Crippen molar-refractivity contribution in [1.82, 2.24) is 4.98 Å². The highest BCUT2D eigenvalue weighted by atomic mass is 19.1. The van der Waals surface area contributed by atoms with E-state index in [-0.39, 0.29) is 12.1 Å². The Morgan fingerprint density at radius 1 is 0.923 bits per heavy atom. The highest BCUT2D eigenvalue weighted by Gasteiger charge is 2.17. The number of hydrogen-bond acceptors (Lipinski definition) is 5. The summed E-state index contributed by atoms with van der Waals surface area (Å²) in [6.07, 6.45) is 0.600. The molecular weight excluding hydrogens is 495 g/mol. The molecule has 0 saturated heterocycles. The first kappa shape index (κ1) is 25.7. The van der Waals surface area contributed by atoms with E-state index in [4.69, 9.17) is 9.15 Å². The third kappa shape index (κ3) is 6.15. The van der Waals surface area contributed by atoms with Gasteiger partial charge < -0.3 is 19.2 Å². The topological polar surface area (TPSA) is 75.8 Å². The molecule has 5 aromatic rings. The summed E-state index contributed by atoms with van der Waals surface area (Å²) in [6, 6.07) is 30.8. The van der Waals surface area contributed by atoms with Gasteiger partial charge in [0.25, 0.3) is 0 Å². The Morgan fingerprint density at radius 3 is 2.28 bits per heavy atom. The van der Waals surface area contributed by atoms with Gasteiger partial charge in [-0.2, -0.15) is 0 Å². The molecule has 6 nitrogen and oxygen atoms in total. The van der Waals surface area contributed by atoms with Crippen LogP contribution in [0.1, 0.15) is 27.4 Å². The Morgan fingerprint density at radius 2 is 1.59 bits per heavy atom. The largest absolute Gasteiger partial charge is 0.493 e. The maximum Gasteiger partial charge on any atom is 0.336 e. The van der Waals surface area contributed by atoms with Gasteiger partial charge in [0.2, 0.25) is 5.89 Å². The Kier molecular flexibility index (Phi) is 7.68. The lowest BCUT2D eigenvalue weighted by atomic mass is 10.1. The van der Waals surface area contributed by atoms with Crippen LogP contribution >= 0.6 is 0 Å². The van der Waals surface area contributed by atoms with Gasteiger partial charge in [0.05, 0.1) is 17.9 Å². The molecule has 1 aromatic heterocycles. The van der Waals surface area contributed by atoms with E-state index in [2.05, 4.69) is 4.98 Å². The van der Waals surface area contributed by atoms with Gasteiger partial charge in [0.1, 0.15) is 17.3 Å². The average Bonchev–Trinajstić information content (AvgIpc) is 3.34. The number of aromatic nitrogens is 1. The van der Waals surface area contributed by atoms with Gasteiger partial charge in [-0.25, -0.2) is 14.2 Å². The van der Waals surface area contributed by atoms with Crippen LogP contribution in [-0.4, -0.2) is 22.7 Å². The Hall–Kier alpha value is -4.91. The molecule has 1 heterocycles. The van der Waals surface area contributed by atoms with Gasteiger partial charge in [-0.1, -0.05) is 42.5 Å². The number of carboxylic acid groups (broad SMARTS) is 1. The van der Waals surface area contributed by atoms with E-state index in [1.54, 1.807) is 0 Å². The number of anilines is 2. The summed E-state index contributed by atoms with van der Waals surface area (Å²) in [6.45, 7) is 2.58. The Bertz CT molecular complexity index is 1550. The number of oxazole rings is 1. The molecule has 196 valence electrons. The SMILES string of the molecule is Cc1oc(-c2ccccc2)nc1CCOc1ccc(N(Cc2ccc(F)cc2C(=O)O)c2ccccc2)cc1. The number of halogens is 1. The predicted molar refractivity (Wildman–Crippen MR) is 148 cm³/mol. The molecule has 0 atom stereocenters. The maximum atomic E-state index is 13.7. The summed E-state index contributed by atoms with van der Waals surface area (Å²) in [4.78, 5) is 18.4. The molecule has 0 radical (unpaired) electrons. The molecule has 0 fully saturated rings. The molecule has 0 aliphatic heterocycles. The van der Waals surface area contributed by atoms with Gasteiger partial charge in [0, 0.05) is 29.9 Å². The molecule has 0 amide bonds. The van der Waals surface area contributed by atoms with Crippen molar-refractivity contribution in [3.8, 4) is 17.2 Å². The number of benzene rings is 4. The van der Waals surface area contributed by atoms with Crippen LogP contribution in [0.25, 0.3) is 11.5 Å². The quantitative estimate of drug-likeness (QED) is 0.205. The van der Waals surface area contributed by atoms with E-state index in [9.17, 15) is 14.3 Å². The highest BCUT2D eigenvalue weighted by Crippen LogP contribution is 2.30. The van der Waals surface area contributed by atoms with Crippen molar-refractivity contribution in [1.29, 1.82) is 0 Å². The van der Waals surface area contributed by atoms with Crippen molar-refractivity contribution in [3.05, 3.63) is 132 Å². The number of aryl methyl sites for hydroxylation is 1. The normalized spacial score (nSPS) is 10.8. The number of aromatic carboxylic acids is 1. The predicted octanol–water partition coefficient (Wildman–Crippen LogP) is 7.45. The van der Waals surface area contributed by atoms with Crippen LogP contribution < -0.4 is 9.64 Å². The fourth-order valence-electron chi connectivity index (χ4n) is 4.35. The smallest absolute Gasteiger partial charge is 0.336 e. The third-order valence-electron chi connectivity index (χ3n) is 6.37. The van der Waals surface area contributed by atoms with Crippen molar-refractivity contribution >= 4 is 17.3 Å². The minimum Gasteiger partial charge on any atom is -0.493 e. The summed E-state index contributed by atoms with van der Waals surface area (Å²) in [5.74, 6) is 0.318. The van der Waals surface area contributed by atoms with Gasteiger partial charge in [-0.3, -0.25) is 0 Å². The lowest BCUT2D eigenvalue weighted by molar-refractivity contribution is 0.0695. The number of para-hydroxylation sites is 1. The first-order valence-electron chi connectivity index (χ1n) is 12.6. The molecule has 7 heteroatoms. The average molecular weight is 523 g/mol. The summed E-state index contributed by atoms with van der Waals surface area (Å²) in [7, 11) is 0. The lowest BCUT2D eigenvalue weighted by Crippen LogP contribution is -2.18. The van der Waals surface area contributed by atoms with Crippen molar-refractivity contribution in [2.75, 3.05) is 11.5 Å². The van der Waals surface area contributed by atoms with Gasteiger partial charge in [-0.05, 0) is 73.2 Å². The number of hydrogen-bond donors (Lipinski definition) is 1. The molecule has 0 unspecified atom stereocenters. The van der Waals surface area contributed by atoms with Crippen LogP contribution in [0.15, 0.2) is 108 Å². The monoisotopic (exact) mass is 522 g/mol. The number of carbonyl (C=O) groups is 1. The van der Waals surface area contributed by atoms with E-state index in [0.29, 0.717) is 30.2 Å². The lowest BCUT2D eigenvalue weighted by Gasteiger charge is -2.26. The van der Waals surface area contributed by atoms with Crippen LogP contribution in [0, 0.1) is 12.7 Å². The van der Waals surface area contributed by atoms with Crippen LogP contribution in [0.3, 0.4) is 0 Å². The molecule has 39 heavy (non-hydrogen) atoms. The van der Waals surface area contributed by atoms with Crippen molar-refractivity contribution in [3.63, 3.8) is 0 Å². The second kappa shape index (κ2) is 11.6. The van der Waals surface area contributed by atoms with Gasteiger partial charge in [-0.15, -0.1) is 0 Å². The summed E-state index contributed by atoms with van der Waals surface area (Å²) in [5.41, 5.74) is 3.95. The molecule has 1 N–H and O–H groups in total. The maximum absolute atomic E-state index is 13.7. The van der Waals surface area contributed by atoms with Crippen LogP contribution in [0.2, 0.25) is 0 Å². The van der Waals surface area contributed by atoms with Crippen LogP contribution in [0.5, 0.6) is 5.75 Å². The second-order valence-electron chi connectivity index (χ2n) is 9.01. The van der Waals surface area contributed by atoms with Crippen molar-refractivity contribution < 1.29 is 23.4 Å². The Balaban J connectivity index is 1.29. The molecule has 0 spiro atoms. The number of carboxylic acids is 1.